The van der Waals surface area contributed by atoms with Gasteiger partial charge >= 0.3 is 0 Å². The van der Waals surface area contributed by atoms with Crippen LogP contribution in [0.25, 0.3) is 10.9 Å². The second kappa shape index (κ2) is 7.95. The van der Waals surface area contributed by atoms with Crippen molar-refractivity contribution in [3.8, 4) is 11.5 Å². The van der Waals surface area contributed by atoms with Crippen molar-refractivity contribution in [3.63, 3.8) is 0 Å². The second-order valence-electron chi connectivity index (χ2n) is 6.10. The summed E-state index contributed by atoms with van der Waals surface area (Å²) in [6.07, 6.45) is 0. The van der Waals surface area contributed by atoms with Crippen molar-refractivity contribution in [2.24, 2.45) is 0 Å². The Hall–Kier alpha value is -3.28. The van der Waals surface area contributed by atoms with Gasteiger partial charge in [-0.25, -0.2) is 0 Å². The van der Waals surface area contributed by atoms with Gasteiger partial charge < -0.3 is 19.8 Å². The smallest absolute Gasteiger partial charge is 0.292 e. The molecule has 2 aromatic carbocycles. The average Bonchev–Trinajstić information content (AvgIpc) is 3.02. The number of aromatic nitrogens is 1. The molecule has 0 saturated carbocycles. The number of hydrogen-bond acceptors (Lipinski definition) is 4. The first-order chi connectivity index (χ1) is 13.0. The van der Waals surface area contributed by atoms with Crippen LogP contribution in [0.4, 0.5) is 0 Å². The third kappa shape index (κ3) is 3.79. The number of ketones is 1. The molecular formula is C21H22N2O4. The Balaban J connectivity index is 1.74. The van der Waals surface area contributed by atoms with Crippen molar-refractivity contribution in [2.45, 2.75) is 20.4 Å². The van der Waals surface area contributed by atoms with Gasteiger partial charge in [0.1, 0.15) is 0 Å². The summed E-state index contributed by atoms with van der Waals surface area (Å²) in [7, 11) is 1.56. The Morgan fingerprint density at radius 2 is 1.89 bits per heavy atom. The van der Waals surface area contributed by atoms with Crippen molar-refractivity contribution in [1.29, 1.82) is 0 Å². The molecule has 27 heavy (non-hydrogen) atoms. The Kier molecular flexibility index (Phi) is 5.45. The minimum Gasteiger partial charge on any atom is -0.493 e. The lowest BCUT2D eigenvalue weighted by molar-refractivity contribution is -0.117. The molecule has 1 amide bonds. The molecule has 6 heteroatoms. The summed E-state index contributed by atoms with van der Waals surface area (Å²) in [4.78, 5) is 28.2. The molecule has 1 aromatic heterocycles. The number of para-hydroxylation sites is 1. The van der Waals surface area contributed by atoms with Crippen LogP contribution in [0.2, 0.25) is 0 Å². The van der Waals surface area contributed by atoms with Crippen LogP contribution in [0.1, 0.15) is 28.5 Å². The summed E-state index contributed by atoms with van der Waals surface area (Å²) in [5.41, 5.74) is 2.74. The van der Waals surface area contributed by atoms with E-state index in [1.165, 1.54) is 0 Å². The van der Waals surface area contributed by atoms with Crippen molar-refractivity contribution >= 4 is 22.6 Å². The number of aromatic amines is 1. The van der Waals surface area contributed by atoms with E-state index in [9.17, 15) is 9.59 Å². The average molecular weight is 366 g/mol. The summed E-state index contributed by atoms with van der Waals surface area (Å²) >= 11 is 0. The quantitative estimate of drug-likeness (QED) is 0.496. The highest BCUT2D eigenvalue weighted by atomic mass is 16.5. The number of fused-ring (bicyclic) bond motifs is 1. The molecule has 3 aromatic rings. The Morgan fingerprint density at radius 1 is 1.11 bits per heavy atom. The van der Waals surface area contributed by atoms with E-state index in [1.807, 2.05) is 37.3 Å². The Labute approximate surface area is 157 Å². The minimum absolute atomic E-state index is 0.217. The molecule has 0 bridgehead atoms. The largest absolute Gasteiger partial charge is 0.493 e. The first-order valence-electron chi connectivity index (χ1n) is 8.74. The summed E-state index contributed by atoms with van der Waals surface area (Å²) in [6, 6.07) is 12.8. The van der Waals surface area contributed by atoms with Crippen LogP contribution in [0.3, 0.4) is 0 Å². The van der Waals surface area contributed by atoms with Crippen LogP contribution in [0, 0.1) is 6.92 Å². The van der Waals surface area contributed by atoms with Crippen LogP contribution in [0.5, 0.6) is 11.5 Å². The maximum atomic E-state index is 12.6. The molecule has 2 N–H and O–H groups in total. The lowest BCUT2D eigenvalue weighted by Crippen LogP contribution is -2.30. The summed E-state index contributed by atoms with van der Waals surface area (Å²) in [5.74, 6) is 0.0292. The van der Waals surface area contributed by atoms with E-state index >= 15 is 0 Å². The fourth-order valence-corrected chi connectivity index (χ4v) is 3.04. The van der Waals surface area contributed by atoms with Gasteiger partial charge in [0.15, 0.2) is 11.5 Å². The van der Waals surface area contributed by atoms with Gasteiger partial charge in [0, 0.05) is 23.1 Å². The first-order valence-corrected chi connectivity index (χ1v) is 8.74. The fourth-order valence-electron chi connectivity index (χ4n) is 3.04. The molecule has 0 aliphatic carbocycles. The third-order valence-corrected chi connectivity index (χ3v) is 4.31. The molecule has 0 aliphatic heterocycles. The monoisotopic (exact) mass is 366 g/mol. The normalized spacial score (nSPS) is 10.6. The Morgan fingerprint density at radius 3 is 2.63 bits per heavy atom. The molecule has 0 fully saturated rings. The van der Waals surface area contributed by atoms with Crippen molar-refractivity contribution in [1.82, 2.24) is 10.3 Å². The van der Waals surface area contributed by atoms with Gasteiger partial charge in [-0.15, -0.1) is 0 Å². The molecule has 0 aliphatic rings. The number of Topliss-reactive ketones (excluding diaryl/α,β-unsaturated/α-hetero) is 1. The minimum atomic E-state index is -0.643. The summed E-state index contributed by atoms with van der Waals surface area (Å²) < 4.78 is 10.8. The number of carbonyl (C=O) groups is 2. The van der Waals surface area contributed by atoms with Crippen LogP contribution in [-0.4, -0.2) is 30.4 Å². The highest BCUT2D eigenvalue weighted by Gasteiger charge is 2.22. The number of nitrogens with one attached hydrogen (secondary N) is 2. The summed E-state index contributed by atoms with van der Waals surface area (Å²) in [6.45, 7) is 4.43. The predicted octanol–water partition coefficient (Wildman–Crippen LogP) is 3.38. The Bertz CT molecular complexity index is 991. The fraction of sp³-hybridized carbons (Fsp3) is 0.238. The number of amides is 1. The third-order valence-electron chi connectivity index (χ3n) is 4.31. The van der Waals surface area contributed by atoms with Gasteiger partial charge in [-0.05, 0) is 37.6 Å². The van der Waals surface area contributed by atoms with E-state index in [-0.39, 0.29) is 6.54 Å². The summed E-state index contributed by atoms with van der Waals surface area (Å²) in [5, 5.41) is 3.43. The molecule has 140 valence electrons. The van der Waals surface area contributed by atoms with Crippen molar-refractivity contribution in [3.05, 3.63) is 59.3 Å². The number of H-pyrrole nitrogens is 1. The molecule has 6 nitrogen and oxygen atoms in total. The maximum Gasteiger partial charge on any atom is 0.292 e. The number of ether oxygens (including phenoxy) is 2. The predicted molar refractivity (Wildman–Crippen MR) is 103 cm³/mol. The molecule has 3 rings (SSSR count). The highest BCUT2D eigenvalue weighted by molar-refractivity contribution is 6.45. The zero-order valence-corrected chi connectivity index (χ0v) is 15.6. The maximum absolute atomic E-state index is 12.6. The zero-order valence-electron chi connectivity index (χ0n) is 15.6. The van der Waals surface area contributed by atoms with Crippen molar-refractivity contribution in [2.75, 3.05) is 13.7 Å². The number of benzene rings is 2. The van der Waals surface area contributed by atoms with E-state index in [0.29, 0.717) is 29.4 Å². The zero-order chi connectivity index (χ0) is 19.4. The van der Waals surface area contributed by atoms with Gasteiger partial charge in [-0.3, -0.25) is 9.59 Å². The first kappa shape index (κ1) is 18.5. The van der Waals surface area contributed by atoms with Crippen molar-refractivity contribution < 1.29 is 19.1 Å². The van der Waals surface area contributed by atoms with Gasteiger partial charge in [0.2, 0.25) is 0 Å². The molecular weight excluding hydrogens is 344 g/mol. The molecule has 0 spiro atoms. The van der Waals surface area contributed by atoms with Gasteiger partial charge in [-0.2, -0.15) is 0 Å². The van der Waals surface area contributed by atoms with Crippen LogP contribution < -0.4 is 14.8 Å². The molecule has 0 atom stereocenters. The SMILES string of the molecule is CCOc1ccc(CNC(=O)C(=O)c2c(C)[nH]c3ccccc23)cc1OC. The topological polar surface area (TPSA) is 80.4 Å². The molecule has 0 unspecified atom stereocenters. The lowest BCUT2D eigenvalue weighted by Gasteiger charge is -2.11. The number of methoxy groups -OCH3 is 1. The van der Waals surface area contributed by atoms with Crippen LogP contribution in [-0.2, 0) is 11.3 Å². The lowest BCUT2D eigenvalue weighted by atomic mass is 10.1. The van der Waals surface area contributed by atoms with Crippen LogP contribution >= 0.6 is 0 Å². The van der Waals surface area contributed by atoms with Gasteiger partial charge in [0.25, 0.3) is 11.7 Å². The molecule has 1 heterocycles. The number of carbonyl (C=O) groups excluding carboxylic acids is 2. The van der Waals surface area contributed by atoms with E-state index in [2.05, 4.69) is 10.3 Å². The van der Waals surface area contributed by atoms with E-state index < -0.39 is 11.7 Å². The van der Waals surface area contributed by atoms with Gasteiger partial charge in [0.05, 0.1) is 19.3 Å². The number of hydrogen-bond donors (Lipinski definition) is 2. The number of aryl methyl sites for hydroxylation is 1. The van der Waals surface area contributed by atoms with Gasteiger partial charge in [-0.1, -0.05) is 24.3 Å². The standard InChI is InChI=1S/C21H22N2O4/c1-4-27-17-10-9-14(11-18(17)26-3)12-22-21(25)20(24)19-13(2)23-16-8-6-5-7-15(16)19/h5-11,23H,4,12H2,1-3H3,(H,22,25). The number of rotatable bonds is 7. The second-order valence-corrected chi connectivity index (χ2v) is 6.10. The molecule has 0 radical (unpaired) electrons. The molecule has 0 saturated heterocycles. The van der Waals surface area contributed by atoms with E-state index in [4.69, 9.17) is 9.47 Å². The van der Waals surface area contributed by atoms with E-state index in [0.717, 1.165) is 16.5 Å². The van der Waals surface area contributed by atoms with E-state index in [1.54, 1.807) is 26.2 Å². The van der Waals surface area contributed by atoms with Crippen LogP contribution in [0.15, 0.2) is 42.5 Å². The highest BCUT2D eigenvalue weighted by Crippen LogP contribution is 2.28.